The standard InChI is InChI=1S/C12H18O4P/c1-3-8-15-12-6-4-11(5-7-12)9-16-17(14)10(2)13/h4-7,10,13H,3,8-9H2,1-2H3/q+1. The van der Waals surface area contributed by atoms with Gasteiger partial charge in [0.05, 0.1) is 6.61 Å². The third-order valence-electron chi connectivity index (χ3n) is 2.06. The van der Waals surface area contributed by atoms with Crippen LogP contribution in [0.4, 0.5) is 0 Å². The van der Waals surface area contributed by atoms with Crippen LogP contribution in [0.15, 0.2) is 24.3 Å². The van der Waals surface area contributed by atoms with E-state index in [1.165, 1.54) is 6.92 Å². The van der Waals surface area contributed by atoms with Crippen LogP contribution in [0.1, 0.15) is 25.8 Å². The van der Waals surface area contributed by atoms with Gasteiger partial charge in [0, 0.05) is 6.92 Å². The van der Waals surface area contributed by atoms with Gasteiger partial charge in [0.1, 0.15) is 12.4 Å². The molecule has 0 aliphatic rings. The smallest absolute Gasteiger partial charge is 0.494 e. The van der Waals surface area contributed by atoms with Crippen molar-refractivity contribution in [1.82, 2.24) is 0 Å². The highest BCUT2D eigenvalue weighted by Crippen LogP contribution is 2.28. The van der Waals surface area contributed by atoms with E-state index in [1.54, 1.807) is 0 Å². The Balaban J connectivity index is 2.42. The zero-order valence-electron chi connectivity index (χ0n) is 10.1. The van der Waals surface area contributed by atoms with Crippen molar-refractivity contribution >= 4 is 8.03 Å². The van der Waals surface area contributed by atoms with E-state index in [9.17, 15) is 4.57 Å². The minimum Gasteiger partial charge on any atom is -0.494 e. The molecule has 0 aliphatic carbocycles. The molecule has 0 spiro atoms. The molecule has 0 heterocycles. The van der Waals surface area contributed by atoms with Crippen molar-refractivity contribution in [3.8, 4) is 5.75 Å². The number of aliphatic hydroxyl groups is 1. The Morgan fingerprint density at radius 1 is 1.35 bits per heavy atom. The summed E-state index contributed by atoms with van der Waals surface area (Å²) in [4.78, 5) is 0. The lowest BCUT2D eigenvalue weighted by Crippen LogP contribution is -1.97. The first kappa shape index (κ1) is 14.1. The monoisotopic (exact) mass is 257 g/mol. The second-order valence-electron chi connectivity index (χ2n) is 3.68. The van der Waals surface area contributed by atoms with Crippen LogP contribution >= 0.6 is 8.03 Å². The summed E-state index contributed by atoms with van der Waals surface area (Å²) in [5, 5.41) is 9.01. The number of hydrogen-bond acceptors (Lipinski definition) is 4. The zero-order chi connectivity index (χ0) is 12.7. The highest BCUT2D eigenvalue weighted by atomic mass is 31.1. The van der Waals surface area contributed by atoms with Crippen LogP contribution < -0.4 is 4.74 Å². The Morgan fingerprint density at radius 2 is 2.00 bits per heavy atom. The molecule has 1 rings (SSSR count). The lowest BCUT2D eigenvalue weighted by molar-refractivity contribution is 0.228. The highest BCUT2D eigenvalue weighted by Gasteiger charge is 2.25. The average molecular weight is 257 g/mol. The first-order valence-corrected chi connectivity index (χ1v) is 6.87. The number of rotatable bonds is 7. The van der Waals surface area contributed by atoms with Crippen molar-refractivity contribution in [3.05, 3.63) is 29.8 Å². The summed E-state index contributed by atoms with van der Waals surface area (Å²) in [5.74, 6) is -0.118. The Kier molecular flexibility index (Phi) is 6.12. The summed E-state index contributed by atoms with van der Waals surface area (Å²) in [6.07, 6.45) is 0.972. The molecule has 0 radical (unpaired) electrons. The topological polar surface area (TPSA) is 55.8 Å². The fourth-order valence-corrected chi connectivity index (χ4v) is 1.64. The highest BCUT2D eigenvalue weighted by molar-refractivity contribution is 7.39. The van der Waals surface area contributed by atoms with E-state index < -0.39 is 13.9 Å². The van der Waals surface area contributed by atoms with E-state index in [4.69, 9.17) is 14.4 Å². The van der Waals surface area contributed by atoms with Gasteiger partial charge in [-0.3, -0.25) is 0 Å². The number of aliphatic hydroxyl groups excluding tert-OH is 1. The number of benzene rings is 1. The number of ether oxygens (including phenoxy) is 1. The van der Waals surface area contributed by atoms with Crippen molar-refractivity contribution in [2.75, 3.05) is 6.61 Å². The van der Waals surface area contributed by atoms with Gasteiger partial charge in [0.25, 0.3) is 5.85 Å². The van der Waals surface area contributed by atoms with E-state index in [0.717, 1.165) is 17.7 Å². The molecule has 0 aromatic heterocycles. The molecule has 1 N–H and O–H groups in total. The second kappa shape index (κ2) is 7.38. The van der Waals surface area contributed by atoms with Crippen LogP contribution in [0.25, 0.3) is 0 Å². The van der Waals surface area contributed by atoms with Gasteiger partial charge in [0.2, 0.25) is 0 Å². The summed E-state index contributed by atoms with van der Waals surface area (Å²) in [5.41, 5.74) is 0.901. The molecule has 0 saturated heterocycles. The van der Waals surface area contributed by atoms with Crippen LogP contribution in [0.2, 0.25) is 0 Å². The SMILES string of the molecule is CCCOc1ccc(CO[P+](=O)C(C)O)cc1. The molecule has 1 aromatic rings. The molecule has 2 unspecified atom stereocenters. The van der Waals surface area contributed by atoms with Gasteiger partial charge in [-0.1, -0.05) is 19.1 Å². The zero-order valence-corrected chi connectivity index (χ0v) is 11.0. The van der Waals surface area contributed by atoms with E-state index >= 15 is 0 Å². The molecule has 17 heavy (non-hydrogen) atoms. The molecule has 94 valence electrons. The van der Waals surface area contributed by atoms with Crippen molar-refractivity contribution in [1.29, 1.82) is 0 Å². The maximum atomic E-state index is 11.2. The van der Waals surface area contributed by atoms with Gasteiger partial charge in [-0.15, -0.1) is 4.52 Å². The number of hydrogen-bond donors (Lipinski definition) is 1. The van der Waals surface area contributed by atoms with Crippen molar-refractivity contribution < 1.29 is 18.9 Å². The van der Waals surface area contributed by atoms with E-state index in [0.29, 0.717) is 6.61 Å². The van der Waals surface area contributed by atoms with Crippen LogP contribution in [0, 0.1) is 0 Å². The predicted octanol–water partition coefficient (Wildman–Crippen LogP) is 3.07. The van der Waals surface area contributed by atoms with Gasteiger partial charge in [-0.2, -0.15) is 0 Å². The van der Waals surface area contributed by atoms with E-state index in [-0.39, 0.29) is 6.61 Å². The van der Waals surface area contributed by atoms with Gasteiger partial charge >= 0.3 is 8.03 Å². The molecule has 0 bridgehead atoms. The first-order chi connectivity index (χ1) is 8.13. The molecular formula is C12H18O4P+. The predicted molar refractivity (Wildman–Crippen MR) is 66.3 cm³/mol. The Morgan fingerprint density at radius 3 is 2.53 bits per heavy atom. The van der Waals surface area contributed by atoms with Crippen molar-refractivity contribution in [3.63, 3.8) is 0 Å². The van der Waals surface area contributed by atoms with Crippen molar-refractivity contribution in [2.24, 2.45) is 0 Å². The van der Waals surface area contributed by atoms with Gasteiger partial charge < -0.3 is 9.84 Å². The van der Waals surface area contributed by atoms with Crippen LogP contribution in [-0.4, -0.2) is 17.6 Å². The van der Waals surface area contributed by atoms with Gasteiger partial charge in [-0.25, -0.2) is 0 Å². The molecule has 0 saturated carbocycles. The summed E-state index contributed by atoms with van der Waals surface area (Å²) < 4.78 is 21.6. The maximum Gasteiger partial charge on any atom is 0.540 e. The molecule has 2 atom stereocenters. The molecule has 0 amide bonds. The quantitative estimate of drug-likeness (QED) is 0.763. The largest absolute Gasteiger partial charge is 0.540 e. The fourth-order valence-electron chi connectivity index (χ4n) is 1.15. The normalized spacial score (nSPS) is 13.2. The Hall–Kier alpha value is -0.960. The van der Waals surface area contributed by atoms with E-state index in [1.807, 2.05) is 24.3 Å². The maximum absolute atomic E-state index is 11.2. The van der Waals surface area contributed by atoms with Crippen LogP contribution in [0.5, 0.6) is 5.75 Å². The Bertz CT molecular complexity index is 348. The van der Waals surface area contributed by atoms with Crippen LogP contribution in [-0.2, 0) is 15.7 Å². The summed E-state index contributed by atoms with van der Waals surface area (Å²) in [6, 6.07) is 7.42. The minimum absolute atomic E-state index is 0.230. The first-order valence-electron chi connectivity index (χ1n) is 5.62. The van der Waals surface area contributed by atoms with Gasteiger partial charge in [0.15, 0.2) is 0 Å². The molecule has 0 aliphatic heterocycles. The lowest BCUT2D eigenvalue weighted by atomic mass is 10.2. The lowest BCUT2D eigenvalue weighted by Gasteiger charge is -2.04. The molecule has 4 nitrogen and oxygen atoms in total. The molecular weight excluding hydrogens is 239 g/mol. The molecule has 1 aromatic carbocycles. The average Bonchev–Trinajstić information content (AvgIpc) is 2.34. The third kappa shape index (κ3) is 5.26. The minimum atomic E-state index is -2.01. The third-order valence-corrected chi connectivity index (χ3v) is 3.05. The second-order valence-corrected chi connectivity index (χ2v) is 5.26. The van der Waals surface area contributed by atoms with Gasteiger partial charge in [-0.05, 0) is 28.7 Å². The Labute approximate surface area is 102 Å². The molecule has 5 heteroatoms. The van der Waals surface area contributed by atoms with Crippen LogP contribution in [0.3, 0.4) is 0 Å². The van der Waals surface area contributed by atoms with E-state index in [2.05, 4.69) is 6.92 Å². The van der Waals surface area contributed by atoms with Crippen molar-refractivity contribution in [2.45, 2.75) is 32.7 Å². The fraction of sp³-hybridized carbons (Fsp3) is 0.500. The summed E-state index contributed by atoms with van der Waals surface area (Å²) in [6.45, 7) is 4.42. The summed E-state index contributed by atoms with van der Waals surface area (Å²) >= 11 is 0. The summed E-state index contributed by atoms with van der Waals surface area (Å²) in [7, 11) is -2.01. The molecule has 0 fully saturated rings.